The zero-order valence-electron chi connectivity index (χ0n) is 17.2. The highest BCUT2D eigenvalue weighted by Gasteiger charge is 2.52. The Morgan fingerprint density at radius 3 is 2.24 bits per heavy atom. The van der Waals surface area contributed by atoms with Gasteiger partial charge < -0.3 is 10.1 Å². The first-order valence-corrected chi connectivity index (χ1v) is 11.5. The second kappa shape index (κ2) is 9.71. The minimum absolute atomic E-state index is 0.101. The van der Waals surface area contributed by atoms with Gasteiger partial charge in [0.1, 0.15) is 0 Å². The lowest BCUT2D eigenvalue weighted by atomic mass is 9.80. The number of hydrogen-bond donors (Lipinski definition) is 1. The number of ether oxygens (including phenoxy) is 1. The number of benzene rings is 2. The van der Waals surface area contributed by atoms with Crippen molar-refractivity contribution in [3.05, 3.63) is 59.1 Å². The van der Waals surface area contributed by atoms with Gasteiger partial charge in [-0.3, -0.25) is 19.3 Å². The summed E-state index contributed by atoms with van der Waals surface area (Å²) >= 11 is 18.3. The minimum atomic E-state index is -0.767. The van der Waals surface area contributed by atoms with Gasteiger partial charge in [0.15, 0.2) is 6.61 Å². The number of anilines is 2. The molecule has 172 valence electrons. The van der Waals surface area contributed by atoms with Crippen molar-refractivity contribution in [2.45, 2.75) is 23.6 Å². The molecule has 4 atom stereocenters. The van der Waals surface area contributed by atoms with Crippen LogP contribution in [0.3, 0.4) is 0 Å². The van der Waals surface area contributed by atoms with Crippen molar-refractivity contribution >= 4 is 69.9 Å². The Balaban J connectivity index is 1.42. The van der Waals surface area contributed by atoms with Gasteiger partial charge in [0, 0.05) is 10.7 Å². The fourth-order valence-corrected chi connectivity index (χ4v) is 4.88. The Hall–Kier alpha value is -2.61. The molecule has 2 aromatic rings. The molecule has 0 radical (unpaired) electrons. The summed E-state index contributed by atoms with van der Waals surface area (Å²) in [5.41, 5.74) is 0.829. The number of alkyl halides is 2. The number of halogens is 3. The van der Waals surface area contributed by atoms with Crippen LogP contribution in [0.15, 0.2) is 48.5 Å². The van der Waals surface area contributed by atoms with E-state index in [1.54, 1.807) is 30.3 Å². The topological polar surface area (TPSA) is 92.8 Å². The first-order chi connectivity index (χ1) is 15.7. The molecule has 10 heteroatoms. The van der Waals surface area contributed by atoms with Crippen LogP contribution in [0.25, 0.3) is 0 Å². The van der Waals surface area contributed by atoms with E-state index in [2.05, 4.69) is 5.32 Å². The molecule has 3 amide bonds. The lowest BCUT2D eigenvalue weighted by Crippen LogP contribution is -2.34. The van der Waals surface area contributed by atoms with Gasteiger partial charge in [0.05, 0.1) is 33.8 Å². The van der Waals surface area contributed by atoms with E-state index < -0.39 is 30.3 Å². The van der Waals surface area contributed by atoms with Crippen LogP contribution in [-0.4, -0.2) is 41.1 Å². The van der Waals surface area contributed by atoms with Crippen LogP contribution in [-0.2, 0) is 19.1 Å². The number of rotatable bonds is 5. The maximum Gasteiger partial charge on any atom is 0.338 e. The molecule has 2 aliphatic rings. The normalized spacial score (nSPS) is 24.4. The Labute approximate surface area is 204 Å². The third kappa shape index (κ3) is 5.00. The van der Waals surface area contributed by atoms with Crippen LogP contribution in [0.4, 0.5) is 11.4 Å². The van der Waals surface area contributed by atoms with E-state index in [1.807, 2.05) is 0 Å². The second-order valence-electron chi connectivity index (χ2n) is 7.91. The van der Waals surface area contributed by atoms with Crippen molar-refractivity contribution in [2.24, 2.45) is 11.8 Å². The second-order valence-corrected chi connectivity index (χ2v) is 9.47. The first-order valence-electron chi connectivity index (χ1n) is 10.2. The molecule has 1 aliphatic carbocycles. The Morgan fingerprint density at radius 1 is 0.970 bits per heavy atom. The van der Waals surface area contributed by atoms with Gasteiger partial charge in [0.2, 0.25) is 11.8 Å². The third-order valence-corrected chi connectivity index (χ3v) is 7.02. The van der Waals surface area contributed by atoms with Gasteiger partial charge >= 0.3 is 5.97 Å². The predicted octanol–water partition coefficient (Wildman–Crippen LogP) is 4.25. The number of hydrogen-bond acceptors (Lipinski definition) is 5. The summed E-state index contributed by atoms with van der Waals surface area (Å²) in [5, 5.41) is 2.26. The van der Waals surface area contributed by atoms with Gasteiger partial charge in [-0.15, -0.1) is 23.2 Å². The van der Waals surface area contributed by atoms with E-state index in [9.17, 15) is 19.2 Å². The van der Waals surface area contributed by atoms with Crippen molar-refractivity contribution in [1.82, 2.24) is 0 Å². The summed E-state index contributed by atoms with van der Waals surface area (Å²) in [7, 11) is 0. The van der Waals surface area contributed by atoms with Gasteiger partial charge in [-0.25, -0.2) is 4.79 Å². The van der Waals surface area contributed by atoms with Crippen molar-refractivity contribution in [3.8, 4) is 0 Å². The molecule has 7 nitrogen and oxygen atoms in total. The number of carbonyl (C=O) groups is 4. The molecule has 1 aliphatic heterocycles. The van der Waals surface area contributed by atoms with Crippen LogP contribution >= 0.6 is 34.8 Å². The molecule has 0 bridgehead atoms. The van der Waals surface area contributed by atoms with E-state index in [0.717, 1.165) is 4.90 Å². The zero-order chi connectivity index (χ0) is 23.7. The molecule has 0 aromatic heterocycles. The smallest absolute Gasteiger partial charge is 0.338 e. The number of nitrogens with zero attached hydrogens (tertiary/aromatic N) is 1. The summed E-state index contributed by atoms with van der Waals surface area (Å²) in [6.45, 7) is -0.518. The molecule has 1 saturated heterocycles. The largest absolute Gasteiger partial charge is 0.452 e. The average Bonchev–Trinajstić information content (AvgIpc) is 3.02. The quantitative estimate of drug-likeness (QED) is 0.370. The van der Waals surface area contributed by atoms with E-state index >= 15 is 0 Å². The number of imide groups is 1. The number of carbonyl (C=O) groups excluding carboxylic acids is 4. The highest BCUT2D eigenvalue weighted by molar-refractivity contribution is 6.31. The molecule has 2 fully saturated rings. The number of amides is 3. The summed E-state index contributed by atoms with van der Waals surface area (Å²) in [6.07, 6.45) is 0.649. The first kappa shape index (κ1) is 23.5. The Morgan fingerprint density at radius 2 is 1.61 bits per heavy atom. The number of nitrogens with one attached hydrogen (secondary N) is 1. The number of fused-ring (bicyclic) bond motifs is 1. The molecule has 1 saturated carbocycles. The lowest BCUT2D eigenvalue weighted by Gasteiger charge is -2.28. The van der Waals surface area contributed by atoms with Crippen LogP contribution in [0.1, 0.15) is 23.2 Å². The maximum absolute atomic E-state index is 12.9. The maximum atomic E-state index is 12.9. The minimum Gasteiger partial charge on any atom is -0.452 e. The molecule has 0 spiro atoms. The van der Waals surface area contributed by atoms with Crippen molar-refractivity contribution in [1.29, 1.82) is 0 Å². The molecule has 4 rings (SSSR count). The highest BCUT2D eigenvalue weighted by Crippen LogP contribution is 2.43. The van der Waals surface area contributed by atoms with Crippen molar-refractivity contribution < 1.29 is 23.9 Å². The van der Waals surface area contributed by atoms with Crippen LogP contribution in [0.5, 0.6) is 0 Å². The summed E-state index contributed by atoms with van der Waals surface area (Å²) < 4.78 is 5.08. The fraction of sp³-hybridized carbons (Fsp3) is 0.304. The van der Waals surface area contributed by atoms with Gasteiger partial charge in [-0.1, -0.05) is 23.7 Å². The molecular formula is C23H19Cl3N2O5. The SMILES string of the molecule is O=C(COC(=O)c1cccc(N2C(=O)[C@@H]3C[C@H](Cl)[C@@H](Cl)C[C@H]3C2=O)c1)Nc1cccc(Cl)c1. The standard InChI is InChI=1S/C23H19Cl3N2O5/c24-13-4-2-5-14(8-13)27-20(29)11-33-23(32)12-3-1-6-15(7-12)28-21(30)16-9-18(25)19(26)10-17(16)22(28)31/h1-8,16-19H,9-11H2,(H,27,29)/t16-,17-,18+,19+/m1/s1. The highest BCUT2D eigenvalue weighted by atomic mass is 35.5. The summed E-state index contributed by atoms with van der Waals surface area (Å²) in [5.74, 6) is -3.07. The average molecular weight is 510 g/mol. The van der Waals surface area contributed by atoms with Crippen molar-refractivity contribution in [3.63, 3.8) is 0 Å². The Kier molecular flexibility index (Phi) is 6.93. The molecule has 1 N–H and O–H groups in total. The van der Waals surface area contributed by atoms with Crippen LogP contribution in [0.2, 0.25) is 5.02 Å². The Bertz CT molecular complexity index is 1100. The van der Waals surface area contributed by atoms with Gasteiger partial charge in [-0.05, 0) is 49.2 Å². The van der Waals surface area contributed by atoms with E-state index in [4.69, 9.17) is 39.5 Å². The van der Waals surface area contributed by atoms with E-state index in [1.165, 1.54) is 18.2 Å². The molecule has 0 unspecified atom stereocenters. The lowest BCUT2D eigenvalue weighted by molar-refractivity contribution is -0.122. The number of esters is 1. The molecule has 33 heavy (non-hydrogen) atoms. The molecule has 2 aromatic carbocycles. The molecule has 1 heterocycles. The monoisotopic (exact) mass is 508 g/mol. The van der Waals surface area contributed by atoms with E-state index in [-0.39, 0.29) is 33.8 Å². The van der Waals surface area contributed by atoms with Gasteiger partial charge in [0.25, 0.3) is 5.91 Å². The molecular weight excluding hydrogens is 491 g/mol. The van der Waals surface area contributed by atoms with Crippen molar-refractivity contribution in [2.75, 3.05) is 16.8 Å². The zero-order valence-corrected chi connectivity index (χ0v) is 19.4. The fourth-order valence-electron chi connectivity index (χ4n) is 4.10. The van der Waals surface area contributed by atoms with Crippen LogP contribution in [0, 0.1) is 11.8 Å². The summed E-state index contributed by atoms with van der Waals surface area (Å²) in [4.78, 5) is 51.5. The third-order valence-electron chi connectivity index (χ3n) is 5.69. The van der Waals surface area contributed by atoms with E-state index in [0.29, 0.717) is 23.6 Å². The van der Waals surface area contributed by atoms with Crippen LogP contribution < -0.4 is 10.2 Å². The van der Waals surface area contributed by atoms with Gasteiger partial charge in [-0.2, -0.15) is 0 Å². The summed E-state index contributed by atoms with van der Waals surface area (Å²) in [6, 6.07) is 12.5. The predicted molar refractivity (Wildman–Crippen MR) is 125 cm³/mol.